The first-order valence-electron chi connectivity index (χ1n) is 2.32. The van der Waals surface area contributed by atoms with Crippen molar-refractivity contribution in [1.82, 2.24) is 0 Å². The van der Waals surface area contributed by atoms with E-state index in [9.17, 15) is 9.59 Å². The van der Waals surface area contributed by atoms with Gasteiger partial charge in [0.1, 0.15) is 11.6 Å². The van der Waals surface area contributed by atoms with Gasteiger partial charge in [-0.2, -0.15) is 0 Å². The van der Waals surface area contributed by atoms with Crippen molar-refractivity contribution in [3.63, 3.8) is 0 Å². The van der Waals surface area contributed by atoms with Gasteiger partial charge in [-0.3, -0.25) is 9.59 Å². The van der Waals surface area contributed by atoms with Gasteiger partial charge >= 0.3 is 18.9 Å². The summed E-state index contributed by atoms with van der Waals surface area (Å²) in [5, 5.41) is 0. The van der Waals surface area contributed by atoms with Gasteiger partial charge in [0.05, 0.1) is 6.42 Å². The molecule has 0 spiro atoms. The van der Waals surface area contributed by atoms with Crippen molar-refractivity contribution in [2.24, 2.45) is 0 Å². The summed E-state index contributed by atoms with van der Waals surface area (Å²) >= 11 is 0. The van der Waals surface area contributed by atoms with Gasteiger partial charge in [0, 0.05) is 12.8 Å². The van der Waals surface area contributed by atoms with Gasteiger partial charge in [-0.15, -0.1) is 0 Å². The van der Waals surface area contributed by atoms with Crippen LogP contribution in [0.5, 0.6) is 0 Å². The summed E-state index contributed by atoms with van der Waals surface area (Å²) in [7, 11) is 0. The molecule has 1 fully saturated rings. The van der Waals surface area contributed by atoms with Gasteiger partial charge in [-0.05, 0) is 0 Å². The van der Waals surface area contributed by atoms with Crippen LogP contribution < -0.4 is 0 Å². The Hall–Kier alpha value is -0.0626. The van der Waals surface area contributed by atoms with E-state index in [-0.39, 0.29) is 36.8 Å². The molecule has 8 heavy (non-hydrogen) atoms. The van der Waals surface area contributed by atoms with Crippen LogP contribution in [0.4, 0.5) is 0 Å². The van der Waals surface area contributed by atoms with Crippen LogP contribution in [-0.2, 0) is 9.59 Å². The topological polar surface area (TPSA) is 34.1 Å². The number of carbonyl (C=O) groups excluding carboxylic acids is 2. The summed E-state index contributed by atoms with van der Waals surface area (Å²) in [6.07, 6.45) is 1.16. The monoisotopic (exact) mass is 106 g/mol. The maximum atomic E-state index is 10.2. The number of rotatable bonds is 0. The van der Waals surface area contributed by atoms with Gasteiger partial charge in [0.15, 0.2) is 0 Å². The molecular formula is C5H7LiO2. The Morgan fingerprint density at radius 1 is 1.00 bits per heavy atom. The zero-order valence-electron chi connectivity index (χ0n) is 3.94. The molecular weight excluding hydrogens is 99.0 g/mol. The average Bonchev–Trinajstić information content (AvgIpc) is 1.87. The van der Waals surface area contributed by atoms with Gasteiger partial charge in [-0.1, -0.05) is 0 Å². The summed E-state index contributed by atoms with van der Waals surface area (Å²) in [5.41, 5.74) is 0. The molecule has 0 aliphatic heterocycles. The zero-order chi connectivity index (χ0) is 5.28. The van der Waals surface area contributed by atoms with Gasteiger partial charge in [0.25, 0.3) is 0 Å². The first-order valence-corrected chi connectivity index (χ1v) is 2.32. The molecule has 0 radical (unpaired) electrons. The van der Waals surface area contributed by atoms with Gasteiger partial charge in [0.2, 0.25) is 0 Å². The van der Waals surface area contributed by atoms with Crippen molar-refractivity contribution in [2.75, 3.05) is 0 Å². The fourth-order valence-corrected chi connectivity index (χ4v) is 0.676. The summed E-state index contributed by atoms with van der Waals surface area (Å²) < 4.78 is 0. The van der Waals surface area contributed by atoms with Crippen LogP contribution in [0, 0.1) is 0 Å². The normalized spacial score (nSPS) is 18.5. The van der Waals surface area contributed by atoms with Crippen LogP contribution in [0.15, 0.2) is 0 Å². The predicted molar refractivity (Wildman–Crippen MR) is 31.0 cm³/mol. The van der Waals surface area contributed by atoms with E-state index < -0.39 is 0 Å². The number of hydrogen-bond acceptors (Lipinski definition) is 2. The molecule has 0 amide bonds. The molecule has 0 aromatic rings. The quantitative estimate of drug-likeness (QED) is 0.312. The average molecular weight is 106 g/mol. The molecule has 0 unspecified atom stereocenters. The number of ketones is 2. The van der Waals surface area contributed by atoms with Crippen molar-refractivity contribution >= 4 is 30.4 Å². The molecule has 0 N–H and O–H groups in total. The van der Waals surface area contributed by atoms with E-state index in [2.05, 4.69) is 0 Å². The van der Waals surface area contributed by atoms with E-state index in [0.717, 1.165) is 0 Å². The summed E-state index contributed by atoms with van der Waals surface area (Å²) in [4.78, 5) is 20.5. The second kappa shape index (κ2) is 3.06. The Labute approximate surface area is 59.8 Å². The molecule has 3 heteroatoms. The standard InChI is InChI=1S/C5H6O2.Li.H/c6-4-1-2-5(7)3-4;;/h1-3H2;;. The van der Waals surface area contributed by atoms with E-state index in [1.807, 2.05) is 0 Å². The minimum atomic E-state index is 0. The van der Waals surface area contributed by atoms with E-state index in [1.54, 1.807) is 0 Å². The molecule has 1 rings (SSSR count). The Balaban J connectivity index is 0.000000490. The van der Waals surface area contributed by atoms with Crippen LogP contribution in [0.3, 0.4) is 0 Å². The van der Waals surface area contributed by atoms with Crippen LogP contribution in [0.2, 0.25) is 0 Å². The molecule has 40 valence electrons. The third-order valence-corrected chi connectivity index (χ3v) is 1.08. The van der Waals surface area contributed by atoms with Gasteiger partial charge in [-0.25, -0.2) is 0 Å². The van der Waals surface area contributed by atoms with Crippen LogP contribution in [0.25, 0.3) is 0 Å². The van der Waals surface area contributed by atoms with Crippen molar-refractivity contribution in [3.05, 3.63) is 0 Å². The number of hydrogen-bond donors (Lipinski definition) is 0. The third-order valence-electron chi connectivity index (χ3n) is 1.08. The van der Waals surface area contributed by atoms with Crippen LogP contribution >= 0.6 is 0 Å². The van der Waals surface area contributed by atoms with E-state index >= 15 is 0 Å². The molecule has 0 saturated heterocycles. The van der Waals surface area contributed by atoms with Gasteiger partial charge < -0.3 is 0 Å². The second-order valence-corrected chi connectivity index (χ2v) is 1.75. The molecule has 1 aliphatic rings. The zero-order valence-corrected chi connectivity index (χ0v) is 3.94. The maximum absolute atomic E-state index is 10.2. The molecule has 0 atom stereocenters. The summed E-state index contributed by atoms with van der Waals surface area (Å²) in [5.74, 6) is 0.204. The Kier molecular flexibility index (Phi) is 3.04. The first-order chi connectivity index (χ1) is 3.29. The second-order valence-electron chi connectivity index (χ2n) is 1.75. The van der Waals surface area contributed by atoms with Crippen molar-refractivity contribution in [3.8, 4) is 0 Å². The van der Waals surface area contributed by atoms with Crippen molar-refractivity contribution < 1.29 is 9.59 Å². The first kappa shape index (κ1) is 7.94. The fourth-order valence-electron chi connectivity index (χ4n) is 0.676. The number of carbonyl (C=O) groups is 2. The SMILES string of the molecule is O=C1CCC(=O)C1.[LiH]. The Bertz CT molecular complexity index is 106. The molecule has 1 saturated carbocycles. The predicted octanol–water partition coefficient (Wildman–Crippen LogP) is -0.340. The summed E-state index contributed by atoms with van der Waals surface area (Å²) in [6.45, 7) is 0. The minimum absolute atomic E-state index is 0. The molecule has 0 aromatic heterocycles. The van der Waals surface area contributed by atoms with E-state index in [0.29, 0.717) is 12.8 Å². The molecule has 0 bridgehead atoms. The molecule has 0 aromatic carbocycles. The molecule has 2 nitrogen and oxygen atoms in total. The number of Topliss-reactive ketones (excluding diaryl/α,β-unsaturated/α-hetero) is 2. The Morgan fingerprint density at radius 2 is 1.38 bits per heavy atom. The van der Waals surface area contributed by atoms with E-state index in [1.165, 1.54) is 0 Å². The fraction of sp³-hybridized carbons (Fsp3) is 0.600. The van der Waals surface area contributed by atoms with Crippen molar-refractivity contribution in [1.29, 1.82) is 0 Å². The molecule has 1 aliphatic carbocycles. The van der Waals surface area contributed by atoms with Crippen LogP contribution in [-0.4, -0.2) is 30.4 Å². The van der Waals surface area contributed by atoms with Crippen molar-refractivity contribution in [2.45, 2.75) is 19.3 Å². The third kappa shape index (κ3) is 1.81. The van der Waals surface area contributed by atoms with E-state index in [4.69, 9.17) is 0 Å². The van der Waals surface area contributed by atoms with Crippen LogP contribution in [0.1, 0.15) is 19.3 Å². The summed E-state index contributed by atoms with van der Waals surface area (Å²) in [6, 6.07) is 0. The molecule has 0 heterocycles. The Morgan fingerprint density at radius 3 is 1.50 bits per heavy atom.